The smallest absolute Gasteiger partial charge is 0.231 e. The molecule has 0 unspecified atom stereocenters. The third-order valence-electron chi connectivity index (χ3n) is 4.43. The third kappa shape index (κ3) is 2.70. The fourth-order valence-corrected chi connectivity index (χ4v) is 3.12. The molecule has 0 aromatic carbocycles. The van der Waals surface area contributed by atoms with E-state index in [0.717, 1.165) is 31.2 Å². The molecule has 1 aliphatic carbocycles. The Morgan fingerprint density at radius 3 is 2.75 bits per heavy atom. The molecule has 0 aliphatic heterocycles. The van der Waals surface area contributed by atoms with Gasteiger partial charge in [-0.15, -0.1) is 0 Å². The summed E-state index contributed by atoms with van der Waals surface area (Å²) < 4.78 is 5.28. The normalized spacial score (nSPS) is 18.1. The second-order valence-electron chi connectivity index (χ2n) is 5.69. The summed E-state index contributed by atoms with van der Waals surface area (Å²) in [4.78, 5) is 18.9. The van der Waals surface area contributed by atoms with Gasteiger partial charge in [0.25, 0.3) is 0 Å². The SMILES string of the molecule is CC[C@H](c1cccnc1)N(C)C(=O)C1(COC)CCC1. The van der Waals surface area contributed by atoms with Crippen molar-refractivity contribution in [2.45, 2.75) is 38.6 Å². The van der Waals surface area contributed by atoms with Gasteiger partial charge in [-0.3, -0.25) is 9.78 Å². The van der Waals surface area contributed by atoms with Crippen molar-refractivity contribution < 1.29 is 9.53 Å². The molecule has 1 fully saturated rings. The van der Waals surface area contributed by atoms with Crippen molar-refractivity contribution in [1.29, 1.82) is 0 Å². The number of amides is 1. The molecule has 20 heavy (non-hydrogen) atoms. The van der Waals surface area contributed by atoms with Crippen LogP contribution >= 0.6 is 0 Å². The van der Waals surface area contributed by atoms with Crippen LogP contribution in [0.5, 0.6) is 0 Å². The Balaban J connectivity index is 2.16. The van der Waals surface area contributed by atoms with Crippen LogP contribution in [-0.2, 0) is 9.53 Å². The van der Waals surface area contributed by atoms with Crippen LogP contribution in [0.4, 0.5) is 0 Å². The van der Waals surface area contributed by atoms with Gasteiger partial charge in [0, 0.05) is 26.6 Å². The standard InChI is InChI=1S/C16H24N2O2/c1-4-14(13-7-5-10-17-11-13)18(2)15(19)16(12-20-3)8-6-9-16/h5,7,10-11,14H,4,6,8-9,12H2,1-3H3/t14-/m1/s1. The Labute approximate surface area is 121 Å². The van der Waals surface area contributed by atoms with Crippen molar-refractivity contribution in [3.63, 3.8) is 0 Å². The molecule has 1 atom stereocenters. The van der Waals surface area contributed by atoms with Gasteiger partial charge in [0.05, 0.1) is 18.1 Å². The molecule has 1 saturated carbocycles. The highest BCUT2D eigenvalue weighted by molar-refractivity contribution is 5.84. The number of carbonyl (C=O) groups is 1. The lowest BCUT2D eigenvalue weighted by atomic mass is 9.68. The van der Waals surface area contributed by atoms with Crippen LogP contribution in [0, 0.1) is 5.41 Å². The maximum atomic E-state index is 12.8. The van der Waals surface area contributed by atoms with Gasteiger partial charge in [-0.05, 0) is 30.9 Å². The largest absolute Gasteiger partial charge is 0.384 e. The van der Waals surface area contributed by atoms with E-state index in [1.807, 2.05) is 30.3 Å². The van der Waals surface area contributed by atoms with Crippen LogP contribution in [0.1, 0.15) is 44.2 Å². The van der Waals surface area contributed by atoms with Gasteiger partial charge >= 0.3 is 0 Å². The van der Waals surface area contributed by atoms with E-state index in [9.17, 15) is 4.79 Å². The molecule has 4 heteroatoms. The van der Waals surface area contributed by atoms with Crippen LogP contribution in [0.15, 0.2) is 24.5 Å². The van der Waals surface area contributed by atoms with E-state index in [-0.39, 0.29) is 17.4 Å². The molecule has 0 radical (unpaired) electrons. The summed E-state index contributed by atoms with van der Waals surface area (Å²) in [6.07, 6.45) is 7.49. The minimum absolute atomic E-state index is 0.0885. The summed E-state index contributed by atoms with van der Waals surface area (Å²) in [5.41, 5.74) is 0.803. The summed E-state index contributed by atoms with van der Waals surface area (Å²) in [7, 11) is 3.57. The Morgan fingerprint density at radius 2 is 2.30 bits per heavy atom. The summed E-state index contributed by atoms with van der Waals surface area (Å²) in [5.74, 6) is 0.210. The molecule has 1 amide bonds. The topological polar surface area (TPSA) is 42.4 Å². The van der Waals surface area contributed by atoms with Crippen LogP contribution in [-0.4, -0.2) is 36.6 Å². The predicted octanol–water partition coefficient (Wildman–Crippen LogP) is 2.81. The molecular weight excluding hydrogens is 252 g/mol. The van der Waals surface area contributed by atoms with Crippen LogP contribution < -0.4 is 0 Å². The van der Waals surface area contributed by atoms with Gasteiger partial charge in [-0.25, -0.2) is 0 Å². The van der Waals surface area contributed by atoms with Crippen molar-refractivity contribution in [2.75, 3.05) is 20.8 Å². The lowest BCUT2D eigenvalue weighted by molar-refractivity contribution is -0.153. The first-order valence-corrected chi connectivity index (χ1v) is 7.31. The van der Waals surface area contributed by atoms with E-state index in [2.05, 4.69) is 11.9 Å². The summed E-state index contributed by atoms with van der Waals surface area (Å²) in [6, 6.07) is 4.05. The van der Waals surface area contributed by atoms with E-state index in [4.69, 9.17) is 4.74 Å². The number of ether oxygens (including phenoxy) is 1. The van der Waals surface area contributed by atoms with E-state index >= 15 is 0 Å². The van der Waals surface area contributed by atoms with Gasteiger partial charge in [-0.2, -0.15) is 0 Å². The first-order valence-electron chi connectivity index (χ1n) is 7.31. The first kappa shape index (κ1) is 15.0. The van der Waals surface area contributed by atoms with Gasteiger partial charge in [0.2, 0.25) is 5.91 Å². The molecule has 4 nitrogen and oxygen atoms in total. The Morgan fingerprint density at radius 1 is 1.55 bits per heavy atom. The fourth-order valence-electron chi connectivity index (χ4n) is 3.12. The molecule has 2 rings (SSSR count). The van der Waals surface area contributed by atoms with Crippen molar-refractivity contribution >= 4 is 5.91 Å². The average Bonchev–Trinajstić information content (AvgIpc) is 2.44. The number of hydrogen-bond donors (Lipinski definition) is 0. The number of nitrogens with zero attached hydrogens (tertiary/aromatic N) is 2. The van der Waals surface area contributed by atoms with Gasteiger partial charge in [0.15, 0.2) is 0 Å². The number of carbonyl (C=O) groups excluding carboxylic acids is 1. The van der Waals surface area contributed by atoms with Crippen LogP contribution in [0.2, 0.25) is 0 Å². The van der Waals surface area contributed by atoms with Crippen LogP contribution in [0.3, 0.4) is 0 Å². The van der Waals surface area contributed by atoms with Gasteiger partial charge < -0.3 is 9.64 Å². The quantitative estimate of drug-likeness (QED) is 0.802. The summed E-state index contributed by atoms with van der Waals surface area (Å²) in [5, 5.41) is 0. The van der Waals surface area contributed by atoms with E-state index < -0.39 is 0 Å². The zero-order valence-electron chi connectivity index (χ0n) is 12.6. The average molecular weight is 276 g/mol. The number of rotatable bonds is 6. The number of hydrogen-bond acceptors (Lipinski definition) is 3. The van der Waals surface area contributed by atoms with Crippen LogP contribution in [0.25, 0.3) is 0 Å². The number of aromatic nitrogens is 1. The Kier molecular flexibility index (Phi) is 4.76. The lowest BCUT2D eigenvalue weighted by Gasteiger charge is -2.44. The molecule has 0 saturated heterocycles. The highest BCUT2D eigenvalue weighted by Crippen LogP contribution is 2.44. The highest BCUT2D eigenvalue weighted by atomic mass is 16.5. The number of pyridine rings is 1. The highest BCUT2D eigenvalue weighted by Gasteiger charge is 2.46. The van der Waals surface area contributed by atoms with Gasteiger partial charge in [0.1, 0.15) is 0 Å². The summed E-state index contributed by atoms with van der Waals surface area (Å²) >= 11 is 0. The van der Waals surface area contributed by atoms with E-state index in [1.54, 1.807) is 13.3 Å². The summed E-state index contributed by atoms with van der Waals surface area (Å²) in [6.45, 7) is 2.63. The maximum absolute atomic E-state index is 12.8. The maximum Gasteiger partial charge on any atom is 0.231 e. The van der Waals surface area contributed by atoms with Gasteiger partial charge in [-0.1, -0.05) is 19.4 Å². The zero-order valence-corrected chi connectivity index (χ0v) is 12.6. The molecule has 1 heterocycles. The molecular formula is C16H24N2O2. The molecule has 1 aromatic heterocycles. The second kappa shape index (κ2) is 6.35. The second-order valence-corrected chi connectivity index (χ2v) is 5.69. The van der Waals surface area contributed by atoms with Crippen molar-refractivity contribution in [3.05, 3.63) is 30.1 Å². The molecule has 0 spiro atoms. The molecule has 0 N–H and O–H groups in total. The minimum Gasteiger partial charge on any atom is -0.384 e. The van der Waals surface area contributed by atoms with Crippen molar-refractivity contribution in [1.82, 2.24) is 9.88 Å². The van der Waals surface area contributed by atoms with E-state index in [0.29, 0.717) is 6.61 Å². The lowest BCUT2D eigenvalue weighted by Crippen LogP contribution is -2.50. The minimum atomic E-state index is -0.293. The molecule has 1 aliphatic rings. The molecule has 0 bridgehead atoms. The number of methoxy groups -OCH3 is 1. The fraction of sp³-hybridized carbons (Fsp3) is 0.625. The van der Waals surface area contributed by atoms with E-state index in [1.165, 1.54) is 0 Å². The van der Waals surface area contributed by atoms with Crippen molar-refractivity contribution in [3.8, 4) is 0 Å². The predicted molar refractivity (Wildman–Crippen MR) is 78.2 cm³/mol. The molecule has 110 valence electrons. The third-order valence-corrected chi connectivity index (χ3v) is 4.43. The molecule has 1 aromatic rings. The Bertz CT molecular complexity index is 443. The van der Waals surface area contributed by atoms with Crippen molar-refractivity contribution in [2.24, 2.45) is 5.41 Å². The zero-order chi connectivity index (χ0) is 14.6. The Hall–Kier alpha value is -1.42. The monoisotopic (exact) mass is 276 g/mol. The first-order chi connectivity index (χ1) is 9.64.